The summed E-state index contributed by atoms with van der Waals surface area (Å²) in [5.74, 6) is -1.48. The maximum absolute atomic E-state index is 13.8. The lowest BCUT2D eigenvalue weighted by atomic mass is 10.0. The van der Waals surface area contributed by atoms with E-state index in [0.29, 0.717) is 25.9 Å². The van der Waals surface area contributed by atoms with Crippen LogP contribution in [-0.4, -0.2) is 50.9 Å². The largest absolute Gasteiger partial charge is 0.462 e. The highest BCUT2D eigenvalue weighted by Gasteiger charge is 2.28. The van der Waals surface area contributed by atoms with E-state index in [2.05, 4.69) is 4.72 Å². The lowest BCUT2D eigenvalue weighted by Gasteiger charge is -2.32. The molecule has 0 bridgehead atoms. The van der Waals surface area contributed by atoms with Crippen LogP contribution in [0.3, 0.4) is 0 Å². The van der Waals surface area contributed by atoms with Crippen molar-refractivity contribution >= 4 is 21.9 Å². The second-order valence-corrected chi connectivity index (χ2v) is 8.63. The molecule has 1 fully saturated rings. The summed E-state index contributed by atoms with van der Waals surface area (Å²) in [5, 5.41) is 0. The van der Waals surface area contributed by atoms with Crippen molar-refractivity contribution in [1.82, 2.24) is 9.62 Å². The van der Waals surface area contributed by atoms with E-state index < -0.39 is 27.7 Å². The Morgan fingerprint density at radius 3 is 2.33 bits per heavy atom. The molecule has 9 heteroatoms. The number of carbonyl (C=O) groups is 2. The third-order valence-electron chi connectivity index (χ3n) is 4.88. The molecular weight excluding hydrogens is 411 g/mol. The summed E-state index contributed by atoms with van der Waals surface area (Å²) in [6, 6.07) is 11.0. The fraction of sp³-hybridized carbons (Fsp3) is 0.333. The van der Waals surface area contributed by atoms with Gasteiger partial charge in [-0.15, -0.1) is 0 Å². The number of sulfonamides is 1. The van der Waals surface area contributed by atoms with Gasteiger partial charge in [0.2, 0.25) is 10.0 Å². The molecule has 1 amide bonds. The van der Waals surface area contributed by atoms with Crippen molar-refractivity contribution in [2.45, 2.75) is 30.7 Å². The molecule has 30 heavy (non-hydrogen) atoms. The third-order valence-corrected chi connectivity index (χ3v) is 6.42. The predicted octanol–water partition coefficient (Wildman–Crippen LogP) is 2.59. The molecule has 1 saturated heterocycles. The van der Waals surface area contributed by atoms with Gasteiger partial charge in [0.15, 0.2) is 0 Å². The minimum Gasteiger partial charge on any atom is -0.462 e. The lowest BCUT2D eigenvalue weighted by Crippen LogP contribution is -2.46. The Morgan fingerprint density at radius 2 is 1.73 bits per heavy atom. The summed E-state index contributed by atoms with van der Waals surface area (Å²) in [6.45, 7) is 2.57. The zero-order valence-electron chi connectivity index (χ0n) is 16.5. The molecule has 7 nitrogen and oxygen atoms in total. The van der Waals surface area contributed by atoms with Gasteiger partial charge in [0.05, 0.1) is 22.6 Å². The molecule has 1 aliphatic heterocycles. The van der Waals surface area contributed by atoms with Crippen LogP contribution in [-0.2, 0) is 14.8 Å². The van der Waals surface area contributed by atoms with Crippen molar-refractivity contribution in [2.24, 2.45) is 0 Å². The van der Waals surface area contributed by atoms with E-state index in [0.717, 1.165) is 0 Å². The number of rotatable bonds is 6. The molecule has 2 aromatic carbocycles. The molecule has 1 N–H and O–H groups in total. The van der Waals surface area contributed by atoms with Gasteiger partial charge in [-0.2, -0.15) is 0 Å². The van der Waals surface area contributed by atoms with E-state index in [-0.39, 0.29) is 28.7 Å². The van der Waals surface area contributed by atoms with E-state index in [1.165, 1.54) is 47.4 Å². The topological polar surface area (TPSA) is 92.8 Å². The number of halogens is 1. The van der Waals surface area contributed by atoms with Crippen LogP contribution in [0.15, 0.2) is 53.4 Å². The minimum absolute atomic E-state index is 0.0122. The molecule has 3 rings (SSSR count). The first-order chi connectivity index (χ1) is 14.3. The average Bonchev–Trinajstić information content (AvgIpc) is 2.74. The van der Waals surface area contributed by atoms with Gasteiger partial charge in [0.1, 0.15) is 5.82 Å². The van der Waals surface area contributed by atoms with E-state index in [1.807, 2.05) is 0 Å². The van der Waals surface area contributed by atoms with Gasteiger partial charge < -0.3 is 9.64 Å². The smallest absolute Gasteiger partial charge is 0.338 e. The van der Waals surface area contributed by atoms with Gasteiger partial charge in [-0.3, -0.25) is 4.79 Å². The quantitative estimate of drug-likeness (QED) is 0.706. The zero-order valence-corrected chi connectivity index (χ0v) is 17.3. The predicted molar refractivity (Wildman–Crippen MR) is 108 cm³/mol. The van der Waals surface area contributed by atoms with Crippen LogP contribution < -0.4 is 4.72 Å². The standard InChI is InChI=1S/C21H23FN2O5S/c1-2-29-21(26)15-7-9-17(10-8-15)30(27,28)23-16-11-13-24(14-12-16)20(25)18-5-3-4-6-19(18)22/h3-10,16,23H,2,11-14H2,1H3. The van der Waals surface area contributed by atoms with Crippen molar-refractivity contribution in [3.05, 3.63) is 65.5 Å². The molecule has 1 aliphatic rings. The van der Waals surface area contributed by atoms with Crippen LogP contribution in [0.1, 0.15) is 40.5 Å². The Bertz CT molecular complexity index is 1020. The van der Waals surface area contributed by atoms with Gasteiger partial charge in [-0.25, -0.2) is 22.3 Å². The lowest BCUT2D eigenvalue weighted by molar-refractivity contribution is 0.0525. The van der Waals surface area contributed by atoms with Gasteiger partial charge in [0, 0.05) is 19.1 Å². The van der Waals surface area contributed by atoms with Gasteiger partial charge in [0.25, 0.3) is 5.91 Å². The van der Waals surface area contributed by atoms with Gasteiger partial charge >= 0.3 is 5.97 Å². The number of amides is 1. The number of hydrogen-bond acceptors (Lipinski definition) is 5. The molecule has 2 aromatic rings. The molecule has 1 heterocycles. The van der Waals surface area contributed by atoms with Crippen molar-refractivity contribution in [1.29, 1.82) is 0 Å². The molecule has 0 saturated carbocycles. The van der Waals surface area contributed by atoms with Gasteiger partial charge in [-0.05, 0) is 56.2 Å². The summed E-state index contributed by atoms with van der Waals surface area (Å²) in [7, 11) is -3.78. The number of hydrogen-bond donors (Lipinski definition) is 1. The first kappa shape index (κ1) is 21.9. The second-order valence-electron chi connectivity index (χ2n) is 6.91. The molecule has 0 radical (unpaired) electrons. The molecule has 0 aromatic heterocycles. The molecule has 0 atom stereocenters. The third kappa shape index (κ3) is 5.03. The molecule has 0 spiro atoms. The zero-order chi connectivity index (χ0) is 21.7. The Morgan fingerprint density at radius 1 is 1.10 bits per heavy atom. The SMILES string of the molecule is CCOC(=O)c1ccc(S(=O)(=O)NC2CCN(C(=O)c3ccccc3F)CC2)cc1. The van der Waals surface area contributed by atoms with Crippen LogP contribution in [0.5, 0.6) is 0 Å². The number of ether oxygens (including phenoxy) is 1. The molecule has 160 valence electrons. The number of carbonyl (C=O) groups excluding carboxylic acids is 2. The number of benzene rings is 2. The van der Waals surface area contributed by atoms with E-state index >= 15 is 0 Å². The Balaban J connectivity index is 1.59. The summed E-state index contributed by atoms with van der Waals surface area (Å²) < 4.78 is 46.6. The summed E-state index contributed by atoms with van der Waals surface area (Å²) in [6.07, 6.45) is 0.834. The van der Waals surface area contributed by atoms with Crippen molar-refractivity contribution in [3.63, 3.8) is 0 Å². The molecular formula is C21H23FN2O5S. The monoisotopic (exact) mass is 434 g/mol. The molecule has 0 aliphatic carbocycles. The fourth-order valence-corrected chi connectivity index (χ4v) is 4.58. The fourth-order valence-electron chi connectivity index (χ4n) is 3.28. The number of piperidine rings is 1. The van der Waals surface area contributed by atoms with Crippen molar-refractivity contribution in [2.75, 3.05) is 19.7 Å². The normalized spacial score (nSPS) is 15.1. The number of nitrogens with one attached hydrogen (secondary N) is 1. The average molecular weight is 434 g/mol. The summed E-state index contributed by atoms with van der Waals surface area (Å²) >= 11 is 0. The Labute approximate surface area is 174 Å². The highest BCUT2D eigenvalue weighted by atomic mass is 32.2. The van der Waals surface area contributed by atoms with Crippen LogP contribution in [0.2, 0.25) is 0 Å². The first-order valence-corrected chi connectivity index (χ1v) is 11.1. The van der Waals surface area contributed by atoms with Crippen molar-refractivity contribution < 1.29 is 27.1 Å². The summed E-state index contributed by atoms with van der Waals surface area (Å²) in [4.78, 5) is 25.7. The highest BCUT2D eigenvalue weighted by molar-refractivity contribution is 7.89. The van der Waals surface area contributed by atoms with Crippen LogP contribution in [0, 0.1) is 5.82 Å². The minimum atomic E-state index is -3.78. The van der Waals surface area contributed by atoms with E-state index in [1.54, 1.807) is 13.0 Å². The Hall–Kier alpha value is -2.78. The Kier molecular flexibility index (Phi) is 6.84. The number of nitrogens with zero attached hydrogens (tertiary/aromatic N) is 1. The maximum Gasteiger partial charge on any atom is 0.338 e. The molecule has 0 unspecified atom stereocenters. The number of esters is 1. The van der Waals surface area contributed by atoms with E-state index in [4.69, 9.17) is 4.74 Å². The van der Waals surface area contributed by atoms with Crippen LogP contribution in [0.4, 0.5) is 4.39 Å². The summed E-state index contributed by atoms with van der Waals surface area (Å²) in [5.41, 5.74) is 0.286. The highest BCUT2D eigenvalue weighted by Crippen LogP contribution is 2.18. The van der Waals surface area contributed by atoms with Crippen molar-refractivity contribution in [3.8, 4) is 0 Å². The first-order valence-electron chi connectivity index (χ1n) is 9.65. The van der Waals surface area contributed by atoms with Crippen LogP contribution in [0.25, 0.3) is 0 Å². The van der Waals surface area contributed by atoms with E-state index in [9.17, 15) is 22.4 Å². The number of likely N-dealkylation sites (tertiary alicyclic amines) is 1. The maximum atomic E-state index is 13.8. The second kappa shape index (κ2) is 9.36. The van der Waals surface area contributed by atoms with Crippen LogP contribution >= 0.6 is 0 Å². The van der Waals surface area contributed by atoms with Gasteiger partial charge in [-0.1, -0.05) is 12.1 Å².